The largest absolute Gasteiger partial charge is 0.469 e. The van der Waals surface area contributed by atoms with Crippen LogP contribution in [0, 0.1) is 0 Å². The quantitative estimate of drug-likeness (QED) is 0.804. The van der Waals surface area contributed by atoms with E-state index in [1.54, 1.807) is 23.2 Å². The number of anilines is 1. The summed E-state index contributed by atoms with van der Waals surface area (Å²) in [6.07, 6.45) is 2.55. The van der Waals surface area contributed by atoms with Gasteiger partial charge in [0, 0.05) is 24.8 Å². The average molecular weight is 359 g/mol. The zero-order valence-corrected chi connectivity index (χ0v) is 14.4. The van der Waals surface area contributed by atoms with E-state index >= 15 is 0 Å². The number of methoxy groups -OCH3 is 1. The Hall–Kier alpha value is -1.98. The minimum absolute atomic E-state index is 0. The minimum Gasteiger partial charge on any atom is -0.469 e. The number of aromatic nitrogens is 1. The summed E-state index contributed by atoms with van der Waals surface area (Å²) in [6, 6.07) is 12.9. The van der Waals surface area contributed by atoms with Crippen LogP contribution in [0.2, 0.25) is 0 Å². The summed E-state index contributed by atoms with van der Waals surface area (Å²) in [7, 11) is 1.36. The third-order valence-electron chi connectivity index (χ3n) is 3.13. The number of esters is 1. The third-order valence-corrected chi connectivity index (χ3v) is 3.13. The Kier molecular flexibility index (Phi) is 9.78. The van der Waals surface area contributed by atoms with Crippen LogP contribution < -0.4 is 4.90 Å². The van der Waals surface area contributed by atoms with Crippen molar-refractivity contribution in [2.45, 2.75) is 12.8 Å². The van der Waals surface area contributed by atoms with Gasteiger partial charge in [-0.1, -0.05) is 18.2 Å². The Balaban J connectivity index is 0.00000242. The summed E-state index contributed by atoms with van der Waals surface area (Å²) >= 11 is 0. The van der Waals surface area contributed by atoms with E-state index < -0.39 is 0 Å². The van der Waals surface area contributed by atoms with E-state index in [-0.39, 0.29) is 43.1 Å². The fraction of sp³-hybridized carbons (Fsp3) is 0.250. The number of aromatic amines is 1. The molecule has 0 atom stereocenters. The van der Waals surface area contributed by atoms with Crippen molar-refractivity contribution in [2.75, 3.05) is 18.6 Å². The van der Waals surface area contributed by atoms with Crippen molar-refractivity contribution in [3.05, 3.63) is 54.4 Å². The molecule has 2 rings (SSSR count). The van der Waals surface area contributed by atoms with Crippen molar-refractivity contribution in [3.8, 4) is 0 Å². The Morgan fingerprint density at radius 1 is 1.09 bits per heavy atom. The van der Waals surface area contributed by atoms with Crippen molar-refractivity contribution in [3.63, 3.8) is 0 Å². The second-order valence-corrected chi connectivity index (χ2v) is 4.56. The number of benzene rings is 1. The molecule has 0 aliphatic carbocycles. The van der Waals surface area contributed by atoms with Gasteiger partial charge in [0.15, 0.2) is 0 Å². The summed E-state index contributed by atoms with van der Waals surface area (Å²) in [5.41, 5.74) is 1.33. The van der Waals surface area contributed by atoms with Crippen molar-refractivity contribution in [1.82, 2.24) is 4.98 Å². The molecule has 0 aliphatic heterocycles. The Labute approximate surface area is 147 Å². The van der Waals surface area contributed by atoms with Gasteiger partial charge in [0.1, 0.15) is 5.69 Å². The van der Waals surface area contributed by atoms with Gasteiger partial charge in [0.25, 0.3) is 5.91 Å². The molecule has 1 aromatic heterocycles. The summed E-state index contributed by atoms with van der Waals surface area (Å²) in [4.78, 5) is 28.3. The highest BCUT2D eigenvalue weighted by Gasteiger charge is 2.18. The SMILES string of the molecule is COC(=O)CCCN(C(=O)c1ccc[nH]1)c1ccccc1.Cl.Cl. The van der Waals surface area contributed by atoms with Gasteiger partial charge in [-0.25, -0.2) is 0 Å². The number of hydrogen-bond acceptors (Lipinski definition) is 3. The van der Waals surface area contributed by atoms with Gasteiger partial charge in [-0.15, -0.1) is 24.8 Å². The summed E-state index contributed by atoms with van der Waals surface area (Å²) < 4.78 is 4.62. The number of nitrogens with zero attached hydrogens (tertiary/aromatic N) is 1. The van der Waals surface area contributed by atoms with Gasteiger partial charge in [0.05, 0.1) is 7.11 Å². The lowest BCUT2D eigenvalue weighted by atomic mass is 10.2. The molecule has 1 heterocycles. The lowest BCUT2D eigenvalue weighted by Crippen LogP contribution is -2.32. The highest BCUT2D eigenvalue weighted by molar-refractivity contribution is 6.04. The number of nitrogens with one attached hydrogen (secondary N) is 1. The standard InChI is InChI=1S/C16H18N2O3.2ClH/c1-21-15(19)10-6-12-18(13-7-3-2-4-8-13)16(20)14-9-5-11-17-14;;/h2-5,7-9,11,17H,6,10,12H2,1H3;2*1H. The fourth-order valence-electron chi connectivity index (χ4n) is 2.05. The molecule has 1 aromatic carbocycles. The first-order valence-electron chi connectivity index (χ1n) is 6.79. The van der Waals surface area contributed by atoms with Gasteiger partial charge >= 0.3 is 5.97 Å². The topological polar surface area (TPSA) is 62.4 Å². The number of halogens is 2. The first-order chi connectivity index (χ1) is 10.2. The number of rotatable bonds is 6. The molecule has 0 aliphatic rings. The predicted molar refractivity (Wildman–Crippen MR) is 94.7 cm³/mol. The zero-order valence-electron chi connectivity index (χ0n) is 12.7. The van der Waals surface area contributed by atoms with E-state index in [9.17, 15) is 9.59 Å². The van der Waals surface area contributed by atoms with Crippen molar-refractivity contribution in [2.24, 2.45) is 0 Å². The van der Waals surface area contributed by atoms with Crippen molar-refractivity contribution in [1.29, 1.82) is 0 Å². The molecule has 2 aromatic rings. The van der Waals surface area contributed by atoms with Crippen LogP contribution >= 0.6 is 24.8 Å². The molecular weight excluding hydrogens is 339 g/mol. The molecule has 126 valence electrons. The van der Waals surface area contributed by atoms with Gasteiger partial charge in [0.2, 0.25) is 0 Å². The van der Waals surface area contributed by atoms with Crippen LogP contribution in [0.1, 0.15) is 23.3 Å². The number of ether oxygens (including phenoxy) is 1. The molecule has 0 bridgehead atoms. The van der Waals surface area contributed by atoms with Crippen LogP contribution in [-0.2, 0) is 9.53 Å². The van der Waals surface area contributed by atoms with E-state index in [0.29, 0.717) is 18.7 Å². The van der Waals surface area contributed by atoms with Gasteiger partial charge in [-0.2, -0.15) is 0 Å². The Bertz CT molecular complexity index is 589. The number of hydrogen-bond donors (Lipinski definition) is 1. The molecule has 23 heavy (non-hydrogen) atoms. The Morgan fingerprint density at radius 2 is 1.78 bits per heavy atom. The fourth-order valence-corrected chi connectivity index (χ4v) is 2.05. The van der Waals surface area contributed by atoms with Crippen molar-refractivity contribution >= 4 is 42.4 Å². The van der Waals surface area contributed by atoms with Crippen LogP contribution in [0.4, 0.5) is 5.69 Å². The predicted octanol–water partition coefficient (Wildman–Crippen LogP) is 3.46. The molecule has 5 nitrogen and oxygen atoms in total. The first kappa shape index (κ1) is 21.0. The van der Waals surface area contributed by atoms with E-state index in [1.807, 2.05) is 30.3 Å². The smallest absolute Gasteiger partial charge is 0.305 e. The molecule has 1 N–H and O–H groups in total. The molecule has 0 saturated heterocycles. The maximum Gasteiger partial charge on any atom is 0.305 e. The molecule has 0 fully saturated rings. The Morgan fingerprint density at radius 3 is 2.35 bits per heavy atom. The van der Waals surface area contributed by atoms with Gasteiger partial charge < -0.3 is 14.6 Å². The van der Waals surface area contributed by atoms with Crippen LogP contribution in [0.3, 0.4) is 0 Å². The summed E-state index contributed by atoms with van der Waals surface area (Å²) in [5.74, 6) is -0.383. The van der Waals surface area contributed by atoms with Crippen LogP contribution in [0.5, 0.6) is 0 Å². The highest BCUT2D eigenvalue weighted by atomic mass is 35.5. The average Bonchev–Trinajstić information content (AvgIpc) is 3.06. The third kappa shape index (κ3) is 5.96. The number of amides is 1. The number of carbonyl (C=O) groups excluding carboxylic acids is 2. The molecule has 1 amide bonds. The van der Waals surface area contributed by atoms with E-state index in [4.69, 9.17) is 0 Å². The van der Waals surface area contributed by atoms with Crippen LogP contribution in [0.25, 0.3) is 0 Å². The second-order valence-electron chi connectivity index (χ2n) is 4.56. The second kappa shape index (κ2) is 10.7. The van der Waals surface area contributed by atoms with Crippen LogP contribution in [0.15, 0.2) is 48.7 Å². The summed E-state index contributed by atoms with van der Waals surface area (Å²) in [5, 5.41) is 0. The molecule has 0 unspecified atom stereocenters. The maximum atomic E-state index is 12.5. The maximum absolute atomic E-state index is 12.5. The van der Waals surface area contributed by atoms with E-state index in [2.05, 4.69) is 9.72 Å². The summed E-state index contributed by atoms with van der Waals surface area (Å²) in [6.45, 7) is 0.455. The monoisotopic (exact) mass is 358 g/mol. The van der Waals surface area contributed by atoms with E-state index in [0.717, 1.165) is 5.69 Å². The van der Waals surface area contributed by atoms with E-state index in [1.165, 1.54) is 7.11 Å². The lowest BCUT2D eigenvalue weighted by molar-refractivity contribution is -0.140. The highest BCUT2D eigenvalue weighted by Crippen LogP contribution is 2.17. The van der Waals surface area contributed by atoms with Crippen LogP contribution in [-0.4, -0.2) is 30.5 Å². The van der Waals surface area contributed by atoms with Gasteiger partial charge in [-0.3, -0.25) is 9.59 Å². The minimum atomic E-state index is -0.268. The number of carbonyl (C=O) groups is 2. The molecule has 0 radical (unpaired) electrons. The molecular formula is C16H20Cl2N2O3. The molecule has 0 spiro atoms. The molecule has 7 heteroatoms. The lowest BCUT2D eigenvalue weighted by Gasteiger charge is -2.22. The first-order valence-corrected chi connectivity index (χ1v) is 6.79. The molecule has 0 saturated carbocycles. The van der Waals surface area contributed by atoms with Gasteiger partial charge in [-0.05, 0) is 30.7 Å². The number of H-pyrrole nitrogens is 1. The zero-order chi connectivity index (χ0) is 15.1. The van der Waals surface area contributed by atoms with Crippen molar-refractivity contribution < 1.29 is 14.3 Å². The number of para-hydroxylation sites is 1. The normalized spacial score (nSPS) is 9.26.